The lowest BCUT2D eigenvalue weighted by Crippen LogP contribution is -2.44. The number of hydrogen-bond acceptors (Lipinski definition) is 2. The maximum atomic E-state index is 11.9. The molecule has 0 fully saturated rings. The van der Waals surface area contributed by atoms with E-state index in [9.17, 15) is 9.59 Å². The predicted molar refractivity (Wildman–Crippen MR) is 72.9 cm³/mol. The molecular formula is C12H13BrClNO3. The number of benzene rings is 1. The van der Waals surface area contributed by atoms with Gasteiger partial charge in [-0.05, 0) is 24.1 Å². The van der Waals surface area contributed by atoms with Gasteiger partial charge < -0.3 is 10.4 Å². The molecule has 18 heavy (non-hydrogen) atoms. The number of carbonyl (C=O) groups excluding carboxylic acids is 1. The summed E-state index contributed by atoms with van der Waals surface area (Å²) in [4.78, 5) is 22.9. The van der Waals surface area contributed by atoms with Crippen molar-refractivity contribution in [1.29, 1.82) is 0 Å². The largest absolute Gasteiger partial charge is 0.480 e. The van der Waals surface area contributed by atoms with Gasteiger partial charge in [-0.1, -0.05) is 41.4 Å². The second-order valence-corrected chi connectivity index (χ2v) is 5.48. The van der Waals surface area contributed by atoms with Gasteiger partial charge in [0, 0.05) is 4.47 Å². The highest BCUT2D eigenvalue weighted by Gasteiger charge is 2.24. The van der Waals surface area contributed by atoms with Crippen LogP contribution >= 0.6 is 27.5 Å². The molecule has 0 saturated carbocycles. The Hall–Kier alpha value is -1.07. The van der Waals surface area contributed by atoms with Crippen LogP contribution in [0, 0.1) is 5.92 Å². The van der Waals surface area contributed by atoms with Gasteiger partial charge in [-0.15, -0.1) is 0 Å². The number of carboxylic acid groups (broad SMARTS) is 1. The van der Waals surface area contributed by atoms with Crippen LogP contribution in [0.1, 0.15) is 24.2 Å². The average Bonchev–Trinajstić information content (AvgIpc) is 2.24. The van der Waals surface area contributed by atoms with Crippen LogP contribution in [0.5, 0.6) is 0 Å². The van der Waals surface area contributed by atoms with Crippen LogP contribution in [0.3, 0.4) is 0 Å². The number of rotatable bonds is 4. The number of hydrogen-bond donors (Lipinski definition) is 2. The number of aliphatic carboxylic acids is 1. The van der Waals surface area contributed by atoms with Crippen LogP contribution in [-0.2, 0) is 4.79 Å². The van der Waals surface area contributed by atoms with E-state index in [1.807, 2.05) is 0 Å². The average molecular weight is 335 g/mol. The summed E-state index contributed by atoms with van der Waals surface area (Å²) < 4.78 is 0.752. The molecule has 1 aromatic rings. The molecule has 1 amide bonds. The van der Waals surface area contributed by atoms with Crippen molar-refractivity contribution in [2.45, 2.75) is 19.9 Å². The van der Waals surface area contributed by atoms with Crippen LogP contribution in [-0.4, -0.2) is 23.0 Å². The number of amides is 1. The van der Waals surface area contributed by atoms with Crippen molar-refractivity contribution in [3.05, 3.63) is 33.3 Å². The second-order valence-electron chi connectivity index (χ2n) is 4.16. The van der Waals surface area contributed by atoms with Gasteiger partial charge in [0.2, 0.25) is 0 Å². The summed E-state index contributed by atoms with van der Waals surface area (Å²) in [6.07, 6.45) is 0. The van der Waals surface area contributed by atoms with E-state index in [1.165, 1.54) is 0 Å². The van der Waals surface area contributed by atoms with Gasteiger partial charge in [0.05, 0.1) is 10.6 Å². The van der Waals surface area contributed by atoms with E-state index >= 15 is 0 Å². The molecule has 0 bridgehead atoms. The van der Waals surface area contributed by atoms with E-state index < -0.39 is 17.9 Å². The molecule has 1 rings (SSSR count). The fraction of sp³-hybridized carbons (Fsp3) is 0.333. The first kappa shape index (κ1) is 15.0. The summed E-state index contributed by atoms with van der Waals surface area (Å²) in [5, 5.41) is 11.7. The van der Waals surface area contributed by atoms with Crippen molar-refractivity contribution in [1.82, 2.24) is 5.32 Å². The number of carbonyl (C=O) groups is 2. The van der Waals surface area contributed by atoms with Crippen LogP contribution in [0.2, 0.25) is 5.02 Å². The maximum absolute atomic E-state index is 11.9. The van der Waals surface area contributed by atoms with Gasteiger partial charge in [0.15, 0.2) is 0 Å². The third-order valence-corrected chi connectivity index (χ3v) is 3.20. The summed E-state index contributed by atoms with van der Waals surface area (Å²) in [6.45, 7) is 3.45. The molecule has 6 heteroatoms. The molecule has 0 spiro atoms. The second kappa shape index (κ2) is 6.20. The topological polar surface area (TPSA) is 66.4 Å². The van der Waals surface area contributed by atoms with E-state index in [4.69, 9.17) is 16.7 Å². The lowest BCUT2D eigenvalue weighted by Gasteiger charge is -2.18. The Kier molecular flexibility index (Phi) is 5.16. The highest BCUT2D eigenvalue weighted by molar-refractivity contribution is 9.10. The van der Waals surface area contributed by atoms with Gasteiger partial charge in [0.1, 0.15) is 6.04 Å². The zero-order chi connectivity index (χ0) is 13.9. The first-order valence-corrected chi connectivity index (χ1v) is 6.48. The molecule has 0 radical (unpaired) electrons. The molecule has 98 valence electrons. The normalized spacial score (nSPS) is 12.3. The first-order chi connectivity index (χ1) is 8.32. The van der Waals surface area contributed by atoms with Gasteiger partial charge in [0.25, 0.3) is 5.91 Å². The molecule has 2 N–H and O–H groups in total. The number of nitrogens with one attached hydrogen (secondary N) is 1. The quantitative estimate of drug-likeness (QED) is 0.889. The molecule has 4 nitrogen and oxygen atoms in total. The molecule has 0 aliphatic carbocycles. The molecular weight excluding hydrogens is 321 g/mol. The molecule has 0 aliphatic rings. The minimum absolute atomic E-state index is 0.208. The summed E-state index contributed by atoms with van der Waals surface area (Å²) in [7, 11) is 0. The Morgan fingerprint density at radius 3 is 2.44 bits per heavy atom. The van der Waals surface area contributed by atoms with Crippen molar-refractivity contribution in [3.8, 4) is 0 Å². The Balaban J connectivity index is 2.91. The molecule has 0 unspecified atom stereocenters. The fourth-order valence-corrected chi connectivity index (χ4v) is 2.17. The van der Waals surface area contributed by atoms with Crippen LogP contribution < -0.4 is 5.32 Å². The SMILES string of the molecule is CC(C)[C@@H](NC(=O)c1ccc(Br)cc1Cl)C(=O)O. The third-order valence-electron chi connectivity index (χ3n) is 2.40. The minimum atomic E-state index is -1.06. The summed E-state index contributed by atoms with van der Waals surface area (Å²) in [5.74, 6) is -1.76. The van der Waals surface area contributed by atoms with E-state index in [-0.39, 0.29) is 16.5 Å². The number of halogens is 2. The molecule has 0 saturated heterocycles. The Bertz CT molecular complexity index is 476. The van der Waals surface area contributed by atoms with Gasteiger partial charge >= 0.3 is 5.97 Å². The molecule has 1 aromatic carbocycles. The van der Waals surface area contributed by atoms with Gasteiger partial charge in [-0.25, -0.2) is 4.79 Å². The summed E-state index contributed by atoms with van der Waals surface area (Å²) >= 11 is 9.16. The minimum Gasteiger partial charge on any atom is -0.480 e. The zero-order valence-corrected chi connectivity index (χ0v) is 12.2. The highest BCUT2D eigenvalue weighted by Crippen LogP contribution is 2.21. The third kappa shape index (κ3) is 3.71. The molecule has 0 heterocycles. The lowest BCUT2D eigenvalue weighted by atomic mass is 10.0. The van der Waals surface area contributed by atoms with Crippen molar-refractivity contribution in [2.24, 2.45) is 5.92 Å². The van der Waals surface area contributed by atoms with E-state index in [0.29, 0.717) is 0 Å². The van der Waals surface area contributed by atoms with Crippen LogP contribution in [0.25, 0.3) is 0 Å². The lowest BCUT2D eigenvalue weighted by molar-refractivity contribution is -0.140. The van der Waals surface area contributed by atoms with E-state index in [1.54, 1.807) is 32.0 Å². The first-order valence-electron chi connectivity index (χ1n) is 5.31. The summed E-state index contributed by atoms with van der Waals surface area (Å²) in [6, 6.07) is 3.87. The van der Waals surface area contributed by atoms with Crippen molar-refractivity contribution in [3.63, 3.8) is 0 Å². The van der Waals surface area contributed by atoms with Crippen LogP contribution in [0.4, 0.5) is 0 Å². The van der Waals surface area contributed by atoms with Gasteiger partial charge in [-0.3, -0.25) is 4.79 Å². The number of carboxylic acids is 1. The standard InChI is InChI=1S/C12H13BrClNO3/c1-6(2)10(12(17)18)15-11(16)8-4-3-7(13)5-9(8)14/h3-6,10H,1-2H3,(H,15,16)(H,17,18)/t10-/m1/s1. The van der Waals surface area contributed by atoms with Crippen molar-refractivity contribution in [2.75, 3.05) is 0 Å². The molecule has 1 atom stereocenters. The molecule has 0 aromatic heterocycles. The van der Waals surface area contributed by atoms with Crippen molar-refractivity contribution < 1.29 is 14.7 Å². The zero-order valence-electron chi connectivity index (χ0n) is 9.91. The molecule has 0 aliphatic heterocycles. The highest BCUT2D eigenvalue weighted by atomic mass is 79.9. The van der Waals surface area contributed by atoms with Crippen LogP contribution in [0.15, 0.2) is 22.7 Å². The Labute approximate surface area is 118 Å². The fourth-order valence-electron chi connectivity index (χ4n) is 1.41. The van der Waals surface area contributed by atoms with Gasteiger partial charge in [-0.2, -0.15) is 0 Å². The Morgan fingerprint density at radius 1 is 1.39 bits per heavy atom. The van der Waals surface area contributed by atoms with Crippen molar-refractivity contribution >= 4 is 39.4 Å². The monoisotopic (exact) mass is 333 g/mol. The summed E-state index contributed by atoms with van der Waals surface area (Å²) in [5.41, 5.74) is 0.256. The smallest absolute Gasteiger partial charge is 0.326 e. The Morgan fingerprint density at radius 2 is 2.00 bits per heavy atom. The maximum Gasteiger partial charge on any atom is 0.326 e. The predicted octanol–water partition coefficient (Wildman–Crippen LogP) is 2.94. The van der Waals surface area contributed by atoms with E-state index in [0.717, 1.165) is 4.47 Å². The van der Waals surface area contributed by atoms with E-state index in [2.05, 4.69) is 21.2 Å².